The molecule has 0 radical (unpaired) electrons. The summed E-state index contributed by atoms with van der Waals surface area (Å²) < 4.78 is 29.8. The Balaban J connectivity index is 3.85. The van der Waals surface area contributed by atoms with Crippen LogP contribution in [0.1, 0.15) is 0 Å². The van der Waals surface area contributed by atoms with Crippen molar-refractivity contribution in [2.45, 2.75) is 0 Å². The first-order valence-electron chi connectivity index (χ1n) is 0.918. The van der Waals surface area contributed by atoms with Gasteiger partial charge < -0.3 is 0 Å². The van der Waals surface area contributed by atoms with Gasteiger partial charge in [-0.3, -0.25) is 0 Å². The van der Waals surface area contributed by atoms with Crippen LogP contribution in [-0.2, 0) is 13.6 Å². The van der Waals surface area contributed by atoms with Crippen molar-refractivity contribution in [2.24, 2.45) is 0 Å². The molecule has 0 aromatic rings. The van der Waals surface area contributed by atoms with E-state index >= 15 is 0 Å². The number of hydrogen-bond acceptors (Lipinski definition) is 3. The van der Waals surface area contributed by atoms with Gasteiger partial charge in [-0.25, -0.2) is 0 Å². The molecule has 6 heavy (non-hydrogen) atoms. The molecule has 1 unspecified atom stereocenters. The topological polar surface area (TPSA) is 63.6 Å². The quantitative estimate of drug-likeness (QED) is 0.382. The van der Waals surface area contributed by atoms with Gasteiger partial charge in [-0.05, 0) is 0 Å². The summed E-state index contributed by atoms with van der Waals surface area (Å²) >= 11 is 0.483. The van der Waals surface area contributed by atoms with E-state index in [1.54, 1.807) is 0 Å². The zero-order valence-electron chi connectivity index (χ0n) is 2.66. The first kappa shape index (κ1) is 6.43. The van der Waals surface area contributed by atoms with E-state index in [1.807, 2.05) is 0 Å². The van der Waals surface area contributed by atoms with E-state index in [0.29, 0.717) is 17.2 Å². The normalized spacial score (nSPS) is 11.7. The number of rotatable bonds is 1. The average molecular weight is 174 g/mol. The van der Waals surface area contributed by atoms with Crippen LogP contribution in [0, 0.1) is 0 Å². The van der Waals surface area contributed by atoms with Crippen molar-refractivity contribution in [3.63, 3.8) is 0 Å². The first-order chi connectivity index (χ1) is 2.56. The third-order valence-electron chi connectivity index (χ3n) is 0.122. The van der Waals surface area contributed by atoms with Gasteiger partial charge >= 0.3 is 43.7 Å². The molecule has 0 spiro atoms. The molecule has 38 valence electrons. The molecule has 4 nitrogen and oxygen atoms in total. The molecule has 0 fully saturated rings. The maximum absolute atomic E-state index is 9.35. The minimum atomic E-state index is -4.13. The Hall–Kier alpha value is 0.428. The summed E-state index contributed by atoms with van der Waals surface area (Å²) in [5.74, 6) is 0. The Bertz CT molecular complexity index is 110. The molecule has 0 aliphatic rings. The molecule has 0 bridgehead atoms. The molecule has 0 saturated heterocycles. The van der Waals surface area contributed by atoms with E-state index in [4.69, 9.17) is 4.55 Å². The summed E-state index contributed by atoms with van der Waals surface area (Å²) in [7, 11) is -4.13. The Kier molecular flexibility index (Phi) is 2.07. The Labute approximate surface area is 44.3 Å². The third-order valence-corrected chi connectivity index (χ3v) is 1.90. The van der Waals surface area contributed by atoms with Gasteiger partial charge in [-0.2, -0.15) is 0 Å². The SMILES string of the molecule is O=S(=O)(O)O[AsH2]. The van der Waals surface area contributed by atoms with Crippen LogP contribution in [0.5, 0.6) is 0 Å². The van der Waals surface area contributed by atoms with E-state index < -0.39 is 10.4 Å². The monoisotopic (exact) mass is 174 g/mol. The van der Waals surface area contributed by atoms with Crippen molar-refractivity contribution in [1.29, 1.82) is 0 Å². The van der Waals surface area contributed by atoms with E-state index in [9.17, 15) is 8.42 Å². The second-order valence-electron chi connectivity index (χ2n) is 0.524. The fraction of sp³-hybridized carbons (Fsp3) is 0. The van der Waals surface area contributed by atoms with Crippen LogP contribution >= 0.6 is 0 Å². The van der Waals surface area contributed by atoms with Crippen molar-refractivity contribution < 1.29 is 16.1 Å². The third kappa shape index (κ3) is 4.43. The molecule has 0 aliphatic carbocycles. The fourth-order valence-corrected chi connectivity index (χ4v) is 0. The van der Waals surface area contributed by atoms with Crippen molar-refractivity contribution in [3.05, 3.63) is 0 Å². The van der Waals surface area contributed by atoms with Gasteiger partial charge in [-0.15, -0.1) is 0 Å². The molecular weight excluding hydrogens is 171 g/mol. The van der Waals surface area contributed by atoms with Crippen LogP contribution in [0.4, 0.5) is 0 Å². The molecule has 0 aliphatic heterocycles. The minimum absolute atomic E-state index is 0.483. The molecule has 0 amide bonds. The van der Waals surface area contributed by atoms with E-state index in [2.05, 4.69) is 3.17 Å². The van der Waals surface area contributed by atoms with Crippen molar-refractivity contribution in [3.8, 4) is 0 Å². The Morgan fingerprint density at radius 1 is 1.67 bits per heavy atom. The summed E-state index contributed by atoms with van der Waals surface area (Å²) in [5, 5.41) is 0. The average Bonchev–Trinajstić information content (AvgIpc) is 1.35. The molecular formula is H3AsO4S. The summed E-state index contributed by atoms with van der Waals surface area (Å²) in [5.41, 5.74) is 0. The second-order valence-corrected chi connectivity index (χ2v) is 2.78. The predicted molar refractivity (Wildman–Crippen MR) is 21.2 cm³/mol. The van der Waals surface area contributed by atoms with Crippen molar-refractivity contribution >= 4 is 27.6 Å². The Morgan fingerprint density at radius 2 is 1.83 bits per heavy atom. The van der Waals surface area contributed by atoms with Crippen LogP contribution in [0.3, 0.4) is 0 Å². The standard InChI is InChI=1S/AsH3O4S/c1-5-6(2,3)4/h1H2,(H,2,3,4). The van der Waals surface area contributed by atoms with Crippen LogP contribution in [0.25, 0.3) is 0 Å². The van der Waals surface area contributed by atoms with E-state index in [1.165, 1.54) is 0 Å². The fourth-order valence-electron chi connectivity index (χ4n) is 0. The summed E-state index contributed by atoms with van der Waals surface area (Å²) in [4.78, 5) is 0. The summed E-state index contributed by atoms with van der Waals surface area (Å²) in [6, 6.07) is 0. The van der Waals surface area contributed by atoms with Gasteiger partial charge in [0.05, 0.1) is 0 Å². The van der Waals surface area contributed by atoms with Crippen LogP contribution < -0.4 is 0 Å². The molecule has 0 rings (SSSR count). The van der Waals surface area contributed by atoms with Gasteiger partial charge in [0.25, 0.3) is 0 Å². The van der Waals surface area contributed by atoms with Crippen molar-refractivity contribution in [1.82, 2.24) is 0 Å². The molecule has 0 saturated carbocycles. The van der Waals surface area contributed by atoms with Crippen molar-refractivity contribution in [2.75, 3.05) is 0 Å². The van der Waals surface area contributed by atoms with Gasteiger partial charge in [0, 0.05) is 0 Å². The summed E-state index contributed by atoms with van der Waals surface area (Å²) in [6.45, 7) is 0. The zero-order valence-corrected chi connectivity index (χ0v) is 5.90. The predicted octanol–water partition coefficient (Wildman–Crippen LogP) is -1.65. The van der Waals surface area contributed by atoms with Crippen LogP contribution in [-0.4, -0.2) is 30.2 Å². The molecule has 0 heterocycles. The molecule has 1 N–H and O–H groups in total. The maximum atomic E-state index is 9.35. The molecule has 0 aromatic heterocycles. The van der Waals surface area contributed by atoms with E-state index in [0.717, 1.165) is 0 Å². The van der Waals surface area contributed by atoms with Gasteiger partial charge in [-0.1, -0.05) is 0 Å². The molecule has 0 aromatic carbocycles. The van der Waals surface area contributed by atoms with Crippen LogP contribution in [0.15, 0.2) is 0 Å². The Morgan fingerprint density at radius 3 is 1.83 bits per heavy atom. The summed E-state index contributed by atoms with van der Waals surface area (Å²) in [6.07, 6.45) is 0. The van der Waals surface area contributed by atoms with Gasteiger partial charge in [0.2, 0.25) is 0 Å². The number of hydrogen-bond donors (Lipinski definition) is 1. The second kappa shape index (κ2) is 1.93. The zero-order chi connectivity index (χ0) is 5.21. The van der Waals surface area contributed by atoms with Gasteiger partial charge in [0.1, 0.15) is 0 Å². The van der Waals surface area contributed by atoms with Gasteiger partial charge in [0.15, 0.2) is 0 Å². The molecule has 6 heteroatoms. The van der Waals surface area contributed by atoms with Crippen LogP contribution in [0.2, 0.25) is 0 Å². The first-order valence-corrected chi connectivity index (χ1v) is 3.27. The van der Waals surface area contributed by atoms with E-state index in [-0.39, 0.29) is 0 Å². The molecule has 1 atom stereocenters.